The van der Waals surface area contributed by atoms with Crippen molar-refractivity contribution in [3.8, 4) is 17.1 Å². The van der Waals surface area contributed by atoms with Crippen molar-refractivity contribution >= 4 is 17.9 Å². The maximum absolute atomic E-state index is 10.8. The molecular weight excluding hydrogens is 430 g/mol. The van der Waals surface area contributed by atoms with Crippen LogP contribution in [0, 0.1) is 14.9 Å². The van der Waals surface area contributed by atoms with Crippen LogP contribution in [0.4, 0.5) is 5.69 Å². The van der Waals surface area contributed by atoms with E-state index >= 15 is 0 Å². The van der Waals surface area contributed by atoms with Gasteiger partial charge in [0, 0.05) is 43.9 Å². The summed E-state index contributed by atoms with van der Waals surface area (Å²) in [6.45, 7) is 5.66. The van der Waals surface area contributed by atoms with Crippen LogP contribution < -0.4 is 4.74 Å². The highest BCUT2D eigenvalue weighted by Crippen LogP contribution is 2.22. The first-order valence-electron chi connectivity index (χ1n) is 10.5. The summed E-state index contributed by atoms with van der Waals surface area (Å²) in [6.07, 6.45) is 0.976. The van der Waals surface area contributed by atoms with Crippen LogP contribution in [-0.2, 0) is 17.9 Å². The quantitative estimate of drug-likeness (QED) is 0.298. The summed E-state index contributed by atoms with van der Waals surface area (Å²) < 4.78 is 13.8. The lowest BCUT2D eigenvalue weighted by Gasteiger charge is -2.26. The van der Waals surface area contributed by atoms with Gasteiger partial charge in [0.1, 0.15) is 12.4 Å². The van der Waals surface area contributed by atoms with Gasteiger partial charge in [0.25, 0.3) is 5.69 Å². The number of nitro groups is 1. The van der Waals surface area contributed by atoms with Crippen LogP contribution in [0.2, 0.25) is 0 Å². The van der Waals surface area contributed by atoms with Crippen LogP contribution in [0.3, 0.4) is 0 Å². The zero-order valence-electron chi connectivity index (χ0n) is 17.6. The van der Waals surface area contributed by atoms with E-state index in [9.17, 15) is 10.1 Å². The van der Waals surface area contributed by atoms with E-state index in [1.165, 1.54) is 12.1 Å². The second kappa shape index (κ2) is 10.5. The fraction of sp³-hybridized carbons (Fsp3) is 0.364. The fourth-order valence-corrected chi connectivity index (χ4v) is 3.88. The Hall–Kier alpha value is -3.08. The predicted molar refractivity (Wildman–Crippen MR) is 122 cm³/mol. The predicted octanol–water partition coefficient (Wildman–Crippen LogP) is 3.82. The van der Waals surface area contributed by atoms with Gasteiger partial charge in [-0.05, 0) is 42.4 Å². The molecule has 2 heterocycles. The van der Waals surface area contributed by atoms with Crippen LogP contribution in [0.25, 0.3) is 11.4 Å². The van der Waals surface area contributed by atoms with E-state index in [2.05, 4.69) is 15.1 Å². The van der Waals surface area contributed by atoms with E-state index < -0.39 is 4.92 Å². The number of benzene rings is 2. The van der Waals surface area contributed by atoms with Crippen molar-refractivity contribution in [2.45, 2.75) is 19.6 Å². The van der Waals surface area contributed by atoms with Gasteiger partial charge in [-0.25, -0.2) is 0 Å². The molecular formula is C22H25N5O4S. The molecule has 10 heteroatoms. The molecule has 0 unspecified atom stereocenters. The van der Waals surface area contributed by atoms with Crippen molar-refractivity contribution < 1.29 is 14.4 Å². The molecule has 0 amide bonds. The summed E-state index contributed by atoms with van der Waals surface area (Å²) in [5.41, 5.74) is 1.96. The Morgan fingerprint density at radius 3 is 2.69 bits per heavy atom. The minimum Gasteiger partial charge on any atom is -0.489 e. The molecule has 32 heavy (non-hydrogen) atoms. The summed E-state index contributed by atoms with van der Waals surface area (Å²) in [6, 6.07) is 14.0. The average molecular weight is 456 g/mol. The van der Waals surface area contributed by atoms with Crippen LogP contribution in [0.5, 0.6) is 5.75 Å². The zero-order valence-corrected chi connectivity index (χ0v) is 18.4. The number of ether oxygens (including phenoxy) is 2. The largest absolute Gasteiger partial charge is 0.489 e. The Morgan fingerprint density at radius 2 is 1.94 bits per heavy atom. The molecule has 1 aliphatic heterocycles. The van der Waals surface area contributed by atoms with Gasteiger partial charge < -0.3 is 14.0 Å². The molecule has 0 saturated carbocycles. The van der Waals surface area contributed by atoms with Gasteiger partial charge in [0.2, 0.25) is 0 Å². The third-order valence-corrected chi connectivity index (χ3v) is 5.67. The Labute approximate surface area is 190 Å². The van der Waals surface area contributed by atoms with Crippen LogP contribution in [-0.4, -0.2) is 57.4 Å². The van der Waals surface area contributed by atoms with E-state index in [-0.39, 0.29) is 5.69 Å². The Bertz CT molecular complexity index is 1110. The molecule has 1 fully saturated rings. The van der Waals surface area contributed by atoms with Gasteiger partial charge >= 0.3 is 0 Å². The standard InChI is InChI=1S/C22H25N5O4S/c28-27(29)19-5-7-20(8-6-19)31-16-17-3-1-4-18(15-17)21-23-24-22(32)26(21)10-2-9-25-11-13-30-14-12-25/h1,3-8,15H,2,9-14,16H2,(H,24,32). The molecule has 1 aromatic heterocycles. The van der Waals surface area contributed by atoms with Gasteiger partial charge in [-0.2, -0.15) is 5.10 Å². The topological polar surface area (TPSA) is 98.5 Å². The highest BCUT2D eigenvalue weighted by atomic mass is 32.1. The molecule has 0 radical (unpaired) electrons. The number of morpholine rings is 1. The van der Waals surface area contributed by atoms with E-state index in [1.807, 2.05) is 28.8 Å². The molecule has 4 rings (SSSR count). The van der Waals surface area contributed by atoms with Crippen molar-refractivity contribution in [2.75, 3.05) is 32.8 Å². The van der Waals surface area contributed by atoms with Crippen molar-refractivity contribution in [3.63, 3.8) is 0 Å². The van der Waals surface area contributed by atoms with Crippen LogP contribution in [0.1, 0.15) is 12.0 Å². The number of aromatic amines is 1. The lowest BCUT2D eigenvalue weighted by Crippen LogP contribution is -2.37. The zero-order chi connectivity index (χ0) is 22.3. The first kappa shape index (κ1) is 22.1. The maximum Gasteiger partial charge on any atom is 0.269 e. The SMILES string of the molecule is O=[N+]([O-])c1ccc(OCc2cccc(-c3n[nH]c(=S)n3CCCN3CCOCC3)c2)cc1. The molecule has 168 valence electrons. The van der Waals surface area contributed by atoms with Crippen LogP contribution in [0.15, 0.2) is 48.5 Å². The minimum atomic E-state index is -0.430. The van der Waals surface area contributed by atoms with Crippen molar-refractivity contribution in [1.82, 2.24) is 19.7 Å². The van der Waals surface area contributed by atoms with Gasteiger partial charge in [-0.3, -0.25) is 20.1 Å². The number of rotatable bonds is 9. The van der Waals surface area contributed by atoms with Crippen molar-refractivity contribution in [2.24, 2.45) is 0 Å². The molecule has 3 aromatic rings. The number of nitrogens with zero attached hydrogens (tertiary/aromatic N) is 4. The number of hydrogen-bond acceptors (Lipinski definition) is 7. The lowest BCUT2D eigenvalue weighted by atomic mass is 10.1. The monoisotopic (exact) mass is 455 g/mol. The summed E-state index contributed by atoms with van der Waals surface area (Å²) in [5, 5.41) is 18.1. The fourth-order valence-electron chi connectivity index (χ4n) is 3.65. The Morgan fingerprint density at radius 1 is 1.16 bits per heavy atom. The number of nitro benzene ring substituents is 1. The molecule has 0 bridgehead atoms. The highest BCUT2D eigenvalue weighted by molar-refractivity contribution is 7.71. The highest BCUT2D eigenvalue weighted by Gasteiger charge is 2.13. The van der Waals surface area contributed by atoms with Crippen molar-refractivity contribution in [1.29, 1.82) is 0 Å². The minimum absolute atomic E-state index is 0.0378. The number of H-pyrrole nitrogens is 1. The molecule has 1 N–H and O–H groups in total. The summed E-state index contributed by atoms with van der Waals surface area (Å²) in [5.74, 6) is 1.38. The summed E-state index contributed by atoms with van der Waals surface area (Å²) in [4.78, 5) is 12.8. The lowest BCUT2D eigenvalue weighted by molar-refractivity contribution is -0.384. The molecule has 0 aliphatic carbocycles. The third kappa shape index (κ3) is 5.58. The van der Waals surface area contributed by atoms with E-state index in [4.69, 9.17) is 21.7 Å². The van der Waals surface area contributed by atoms with Gasteiger partial charge in [0.05, 0.1) is 18.1 Å². The molecule has 1 aliphatic rings. The Kier molecular flexibility index (Phi) is 7.25. The normalized spacial score (nSPS) is 14.4. The first-order valence-corrected chi connectivity index (χ1v) is 10.9. The second-order valence-electron chi connectivity index (χ2n) is 7.55. The number of aromatic nitrogens is 3. The van der Waals surface area contributed by atoms with Crippen LogP contribution >= 0.6 is 12.2 Å². The molecule has 2 aromatic carbocycles. The average Bonchev–Trinajstić information content (AvgIpc) is 3.19. The maximum atomic E-state index is 10.8. The van der Waals surface area contributed by atoms with E-state index in [0.717, 1.165) is 62.8 Å². The summed E-state index contributed by atoms with van der Waals surface area (Å²) >= 11 is 5.46. The van der Waals surface area contributed by atoms with Gasteiger partial charge in [-0.1, -0.05) is 18.2 Å². The van der Waals surface area contributed by atoms with Gasteiger partial charge in [0.15, 0.2) is 10.6 Å². The van der Waals surface area contributed by atoms with E-state index in [1.54, 1.807) is 12.1 Å². The third-order valence-electron chi connectivity index (χ3n) is 5.36. The van der Waals surface area contributed by atoms with E-state index in [0.29, 0.717) is 17.1 Å². The molecule has 1 saturated heterocycles. The molecule has 0 atom stereocenters. The number of non-ortho nitro benzene ring substituents is 1. The van der Waals surface area contributed by atoms with Crippen molar-refractivity contribution in [3.05, 3.63) is 69.0 Å². The number of nitrogens with one attached hydrogen (secondary N) is 1. The molecule has 0 spiro atoms. The number of hydrogen-bond donors (Lipinski definition) is 1. The Balaban J connectivity index is 1.40. The molecule has 9 nitrogen and oxygen atoms in total. The smallest absolute Gasteiger partial charge is 0.269 e. The van der Waals surface area contributed by atoms with Gasteiger partial charge in [-0.15, -0.1) is 0 Å². The second-order valence-corrected chi connectivity index (χ2v) is 7.94. The first-order chi connectivity index (χ1) is 15.6. The summed E-state index contributed by atoms with van der Waals surface area (Å²) in [7, 11) is 0.